The topological polar surface area (TPSA) is 44.9 Å². The number of rotatable bonds is 2. The van der Waals surface area contributed by atoms with Crippen molar-refractivity contribution in [3.63, 3.8) is 0 Å². The van der Waals surface area contributed by atoms with Crippen LogP contribution in [-0.2, 0) is 0 Å². The number of guanidine groups is 1. The molecule has 0 unspecified atom stereocenters. The minimum Gasteiger partial charge on any atom is -0.370 e. The van der Waals surface area contributed by atoms with Crippen LogP contribution in [0.2, 0.25) is 0 Å². The van der Waals surface area contributed by atoms with Crippen molar-refractivity contribution in [1.82, 2.24) is 4.90 Å². The van der Waals surface area contributed by atoms with Gasteiger partial charge in [0.15, 0.2) is 5.96 Å². The number of piperazine rings is 1. The Labute approximate surface area is 119 Å². The Balaban J connectivity index is 1.90. The Bertz CT molecular complexity index is 519. The fraction of sp³-hybridized carbons (Fsp3) is 0.400. The number of nitrogens with two attached hydrogens (primary N) is 1. The predicted octanol–water partition coefficient (Wildman–Crippen LogP) is 1.29. The van der Waals surface area contributed by atoms with E-state index in [1.165, 1.54) is 12.1 Å². The molecule has 0 aromatic heterocycles. The number of halogens is 1. The molecular formula is C15H19FN4. The monoisotopic (exact) mass is 274 g/mol. The second-order valence-electron chi connectivity index (χ2n) is 4.55. The number of nitrogens with zero attached hydrogens (tertiary/aromatic N) is 3. The molecule has 1 aromatic carbocycles. The maximum absolute atomic E-state index is 12.9. The molecule has 0 spiro atoms. The molecule has 5 heteroatoms. The van der Waals surface area contributed by atoms with E-state index in [-0.39, 0.29) is 5.82 Å². The van der Waals surface area contributed by atoms with Crippen molar-refractivity contribution >= 4 is 11.6 Å². The third kappa shape index (κ3) is 3.64. The van der Waals surface area contributed by atoms with Crippen molar-refractivity contribution in [2.24, 2.45) is 10.7 Å². The molecule has 106 valence electrons. The minimum absolute atomic E-state index is 0.208. The number of benzene rings is 1. The van der Waals surface area contributed by atoms with Crippen molar-refractivity contribution < 1.29 is 4.39 Å². The first-order chi connectivity index (χ1) is 9.70. The van der Waals surface area contributed by atoms with E-state index in [2.05, 4.69) is 26.6 Å². The zero-order chi connectivity index (χ0) is 14.4. The van der Waals surface area contributed by atoms with Crippen LogP contribution in [0.5, 0.6) is 0 Å². The first-order valence-electron chi connectivity index (χ1n) is 6.65. The lowest BCUT2D eigenvalue weighted by Gasteiger charge is -2.36. The Morgan fingerprint density at radius 1 is 1.25 bits per heavy atom. The van der Waals surface area contributed by atoms with Gasteiger partial charge in [-0.1, -0.05) is 5.92 Å². The fourth-order valence-electron chi connectivity index (χ4n) is 2.15. The summed E-state index contributed by atoms with van der Waals surface area (Å²) in [6, 6.07) is 6.58. The summed E-state index contributed by atoms with van der Waals surface area (Å²) in [5.41, 5.74) is 6.97. The van der Waals surface area contributed by atoms with Crippen molar-refractivity contribution in [1.29, 1.82) is 0 Å². The Hall–Kier alpha value is -2.22. The zero-order valence-electron chi connectivity index (χ0n) is 11.6. The molecule has 4 nitrogen and oxygen atoms in total. The summed E-state index contributed by atoms with van der Waals surface area (Å²) in [6.07, 6.45) is 0. The molecule has 2 N–H and O–H groups in total. The van der Waals surface area contributed by atoms with Crippen LogP contribution in [0.25, 0.3) is 0 Å². The van der Waals surface area contributed by atoms with Gasteiger partial charge in [0.05, 0.1) is 0 Å². The van der Waals surface area contributed by atoms with Gasteiger partial charge in [-0.25, -0.2) is 9.38 Å². The largest absolute Gasteiger partial charge is 0.370 e. The first-order valence-corrected chi connectivity index (χ1v) is 6.65. The third-order valence-corrected chi connectivity index (χ3v) is 3.29. The Morgan fingerprint density at radius 3 is 2.50 bits per heavy atom. The van der Waals surface area contributed by atoms with Crippen LogP contribution in [-0.4, -0.2) is 43.6 Å². The Kier molecular flexibility index (Phi) is 4.83. The van der Waals surface area contributed by atoms with Crippen LogP contribution < -0.4 is 10.6 Å². The normalized spacial score (nSPS) is 15.8. The molecule has 1 heterocycles. The molecule has 0 atom stereocenters. The quantitative estimate of drug-likeness (QED) is 0.502. The lowest BCUT2D eigenvalue weighted by atomic mass is 10.2. The SMILES string of the molecule is CC#CCN=C(N)N1CCN(c2ccc(F)cc2)CC1. The van der Waals surface area contributed by atoms with Crippen LogP contribution in [0.1, 0.15) is 6.92 Å². The van der Waals surface area contributed by atoms with Gasteiger partial charge in [0.2, 0.25) is 0 Å². The second kappa shape index (κ2) is 6.80. The molecule has 1 aromatic rings. The molecule has 1 fully saturated rings. The van der Waals surface area contributed by atoms with E-state index >= 15 is 0 Å². The number of aliphatic imine (C=N–C) groups is 1. The second-order valence-corrected chi connectivity index (χ2v) is 4.55. The average molecular weight is 274 g/mol. The highest BCUT2D eigenvalue weighted by molar-refractivity contribution is 5.78. The molecule has 1 aliphatic rings. The van der Waals surface area contributed by atoms with E-state index in [0.717, 1.165) is 31.9 Å². The average Bonchev–Trinajstić information content (AvgIpc) is 2.48. The zero-order valence-corrected chi connectivity index (χ0v) is 11.6. The van der Waals surface area contributed by atoms with E-state index < -0.39 is 0 Å². The van der Waals surface area contributed by atoms with Crippen LogP contribution in [0.15, 0.2) is 29.3 Å². The standard InChI is InChI=1S/C15H19FN4/c1-2-3-8-18-15(17)20-11-9-19(10-12-20)14-6-4-13(16)5-7-14/h4-7H,8-12H2,1H3,(H2,17,18). The molecule has 1 saturated heterocycles. The molecule has 0 aliphatic carbocycles. The predicted molar refractivity (Wildman–Crippen MR) is 80.1 cm³/mol. The van der Waals surface area contributed by atoms with E-state index in [1.807, 2.05) is 0 Å². The summed E-state index contributed by atoms with van der Waals surface area (Å²) >= 11 is 0. The summed E-state index contributed by atoms with van der Waals surface area (Å²) in [6.45, 7) is 5.55. The van der Waals surface area contributed by atoms with E-state index in [1.54, 1.807) is 19.1 Å². The van der Waals surface area contributed by atoms with Gasteiger partial charge in [-0.05, 0) is 31.2 Å². The molecule has 0 radical (unpaired) electrons. The highest BCUT2D eigenvalue weighted by atomic mass is 19.1. The summed E-state index contributed by atoms with van der Waals surface area (Å²) in [7, 11) is 0. The number of hydrogen-bond acceptors (Lipinski definition) is 2. The van der Waals surface area contributed by atoms with Crippen LogP contribution in [0, 0.1) is 17.7 Å². The summed E-state index contributed by atoms with van der Waals surface area (Å²) in [5.74, 6) is 6.00. The minimum atomic E-state index is -0.208. The highest BCUT2D eigenvalue weighted by Crippen LogP contribution is 2.16. The van der Waals surface area contributed by atoms with E-state index in [9.17, 15) is 4.39 Å². The van der Waals surface area contributed by atoms with E-state index in [4.69, 9.17) is 5.73 Å². The molecule has 1 aliphatic heterocycles. The van der Waals surface area contributed by atoms with Crippen molar-refractivity contribution in [2.75, 3.05) is 37.6 Å². The van der Waals surface area contributed by atoms with Gasteiger partial charge >= 0.3 is 0 Å². The van der Waals surface area contributed by atoms with E-state index in [0.29, 0.717) is 12.5 Å². The summed E-state index contributed by atoms with van der Waals surface area (Å²) in [5, 5.41) is 0. The lowest BCUT2D eigenvalue weighted by Crippen LogP contribution is -2.51. The van der Waals surface area contributed by atoms with Crippen molar-refractivity contribution in [2.45, 2.75) is 6.92 Å². The van der Waals surface area contributed by atoms with Gasteiger partial charge in [0.25, 0.3) is 0 Å². The van der Waals surface area contributed by atoms with Gasteiger partial charge < -0.3 is 15.5 Å². The van der Waals surface area contributed by atoms with Gasteiger partial charge in [-0.15, -0.1) is 5.92 Å². The first kappa shape index (κ1) is 14.2. The van der Waals surface area contributed by atoms with Gasteiger partial charge in [-0.3, -0.25) is 0 Å². The summed E-state index contributed by atoms with van der Waals surface area (Å²) in [4.78, 5) is 8.50. The lowest BCUT2D eigenvalue weighted by molar-refractivity contribution is 0.381. The molecule has 0 amide bonds. The number of hydrogen-bond donors (Lipinski definition) is 1. The van der Waals surface area contributed by atoms with Gasteiger partial charge in [-0.2, -0.15) is 0 Å². The summed E-state index contributed by atoms with van der Waals surface area (Å²) < 4.78 is 12.9. The van der Waals surface area contributed by atoms with Crippen molar-refractivity contribution in [3.05, 3.63) is 30.1 Å². The maximum atomic E-state index is 12.9. The molecular weight excluding hydrogens is 255 g/mol. The molecule has 0 saturated carbocycles. The van der Waals surface area contributed by atoms with Crippen LogP contribution in [0.3, 0.4) is 0 Å². The maximum Gasteiger partial charge on any atom is 0.192 e. The van der Waals surface area contributed by atoms with Crippen molar-refractivity contribution in [3.8, 4) is 11.8 Å². The number of anilines is 1. The van der Waals surface area contributed by atoms with Gasteiger partial charge in [0, 0.05) is 31.9 Å². The Morgan fingerprint density at radius 2 is 1.90 bits per heavy atom. The molecule has 0 bridgehead atoms. The highest BCUT2D eigenvalue weighted by Gasteiger charge is 2.18. The molecule has 2 rings (SSSR count). The van der Waals surface area contributed by atoms with Crippen LogP contribution in [0.4, 0.5) is 10.1 Å². The molecule has 20 heavy (non-hydrogen) atoms. The van der Waals surface area contributed by atoms with Crippen LogP contribution >= 0.6 is 0 Å². The smallest absolute Gasteiger partial charge is 0.192 e. The fourth-order valence-corrected chi connectivity index (χ4v) is 2.15. The van der Waals surface area contributed by atoms with Gasteiger partial charge in [0.1, 0.15) is 12.4 Å². The third-order valence-electron chi connectivity index (χ3n) is 3.29.